The minimum atomic E-state index is 0.160. The summed E-state index contributed by atoms with van der Waals surface area (Å²) in [6, 6.07) is 12.9. The fourth-order valence-corrected chi connectivity index (χ4v) is 3.25. The number of hydrogen-bond donors (Lipinski definition) is 1. The fourth-order valence-electron chi connectivity index (χ4n) is 2.57. The highest BCUT2D eigenvalue weighted by molar-refractivity contribution is 9.10. The van der Waals surface area contributed by atoms with Gasteiger partial charge in [-0.25, -0.2) is 0 Å². The first-order chi connectivity index (χ1) is 11.1. The van der Waals surface area contributed by atoms with Crippen LogP contribution in [0.25, 0.3) is 11.1 Å². The van der Waals surface area contributed by atoms with Crippen molar-refractivity contribution in [2.75, 3.05) is 5.32 Å². The van der Waals surface area contributed by atoms with Crippen molar-refractivity contribution in [3.63, 3.8) is 0 Å². The molecule has 0 saturated carbocycles. The molecular formula is C22H26BrN. The van der Waals surface area contributed by atoms with Crippen LogP contribution in [-0.2, 0) is 5.41 Å². The van der Waals surface area contributed by atoms with Crippen LogP contribution in [0, 0.1) is 0 Å². The van der Waals surface area contributed by atoms with Crippen molar-refractivity contribution >= 4 is 38.5 Å². The lowest BCUT2D eigenvalue weighted by molar-refractivity contribution is 0.590. The van der Waals surface area contributed by atoms with Crippen molar-refractivity contribution in [2.45, 2.75) is 40.0 Å². The van der Waals surface area contributed by atoms with Crippen molar-refractivity contribution in [1.29, 1.82) is 0 Å². The standard InChI is InChI=1S/C22H26BrN/c1-14(2)18-12-19(15(3)4)21(13-20(18)23)24-17-10-8-16(9-11-17)22(5,6)7/h8-13,24H,1,3H2,2,4-7H3. The Balaban J connectivity index is 2.40. The summed E-state index contributed by atoms with van der Waals surface area (Å²) in [5.41, 5.74) is 7.88. The van der Waals surface area contributed by atoms with E-state index < -0.39 is 0 Å². The topological polar surface area (TPSA) is 12.0 Å². The number of hydrogen-bond acceptors (Lipinski definition) is 1. The van der Waals surface area contributed by atoms with Crippen LogP contribution in [0.3, 0.4) is 0 Å². The number of anilines is 2. The van der Waals surface area contributed by atoms with Crippen molar-refractivity contribution in [2.24, 2.45) is 0 Å². The van der Waals surface area contributed by atoms with Crippen molar-refractivity contribution in [3.8, 4) is 0 Å². The number of halogens is 1. The summed E-state index contributed by atoms with van der Waals surface area (Å²) in [4.78, 5) is 0. The van der Waals surface area contributed by atoms with Gasteiger partial charge in [-0.05, 0) is 65.8 Å². The highest BCUT2D eigenvalue weighted by atomic mass is 79.9. The molecule has 0 saturated heterocycles. The molecule has 0 heterocycles. The third kappa shape index (κ3) is 4.18. The van der Waals surface area contributed by atoms with Gasteiger partial charge in [0.2, 0.25) is 0 Å². The van der Waals surface area contributed by atoms with E-state index in [0.29, 0.717) is 0 Å². The molecule has 0 aliphatic heterocycles. The van der Waals surface area contributed by atoms with Crippen LogP contribution in [0.1, 0.15) is 51.3 Å². The number of benzene rings is 2. The Hall–Kier alpha value is -1.80. The van der Waals surface area contributed by atoms with Gasteiger partial charge in [-0.2, -0.15) is 0 Å². The summed E-state index contributed by atoms with van der Waals surface area (Å²) in [5, 5.41) is 3.52. The van der Waals surface area contributed by atoms with Crippen molar-refractivity contribution in [3.05, 3.63) is 70.7 Å². The van der Waals surface area contributed by atoms with E-state index in [2.05, 4.69) is 91.6 Å². The summed E-state index contributed by atoms with van der Waals surface area (Å²) < 4.78 is 1.04. The average molecular weight is 384 g/mol. The van der Waals surface area contributed by atoms with Gasteiger partial charge >= 0.3 is 0 Å². The zero-order valence-electron chi connectivity index (χ0n) is 15.3. The van der Waals surface area contributed by atoms with E-state index in [-0.39, 0.29) is 5.41 Å². The van der Waals surface area contributed by atoms with Gasteiger partial charge in [0.05, 0.1) is 0 Å². The quantitative estimate of drug-likeness (QED) is 0.574. The molecule has 2 aromatic carbocycles. The molecule has 0 atom stereocenters. The number of allylic oxidation sites excluding steroid dienone is 2. The van der Waals surface area contributed by atoms with Crippen LogP contribution < -0.4 is 5.32 Å². The molecule has 0 aliphatic carbocycles. The van der Waals surface area contributed by atoms with Gasteiger partial charge in [-0.1, -0.05) is 62.0 Å². The third-order valence-corrected chi connectivity index (χ3v) is 4.71. The molecule has 0 unspecified atom stereocenters. The molecule has 1 N–H and O–H groups in total. The Bertz CT molecular complexity index is 777. The maximum atomic E-state index is 4.12. The average Bonchev–Trinajstić information content (AvgIpc) is 2.46. The zero-order valence-corrected chi connectivity index (χ0v) is 16.8. The molecule has 1 nitrogen and oxygen atoms in total. The molecule has 0 aliphatic rings. The van der Waals surface area contributed by atoms with Gasteiger partial charge < -0.3 is 5.32 Å². The van der Waals surface area contributed by atoms with Crippen LogP contribution in [0.2, 0.25) is 0 Å². The Morgan fingerprint density at radius 1 is 0.917 bits per heavy atom. The molecule has 126 valence electrons. The maximum absolute atomic E-state index is 4.12. The molecule has 2 aromatic rings. The largest absolute Gasteiger partial charge is 0.355 e. The second-order valence-corrected chi connectivity index (χ2v) is 8.24. The van der Waals surface area contributed by atoms with Gasteiger partial charge in [0.25, 0.3) is 0 Å². The molecule has 2 heteroatoms. The van der Waals surface area contributed by atoms with Crippen LogP contribution in [0.15, 0.2) is 54.0 Å². The molecule has 0 spiro atoms. The second kappa shape index (κ2) is 6.98. The van der Waals surface area contributed by atoms with Crippen LogP contribution in [0.5, 0.6) is 0 Å². The molecule has 2 rings (SSSR count). The smallest absolute Gasteiger partial charge is 0.0472 e. The van der Waals surface area contributed by atoms with Crippen LogP contribution in [0.4, 0.5) is 11.4 Å². The molecule has 0 aromatic heterocycles. The third-order valence-electron chi connectivity index (χ3n) is 4.06. The Morgan fingerprint density at radius 2 is 1.46 bits per heavy atom. The summed E-state index contributed by atoms with van der Waals surface area (Å²) >= 11 is 3.65. The first kappa shape index (κ1) is 18.5. The first-order valence-corrected chi connectivity index (χ1v) is 8.92. The SMILES string of the molecule is C=C(C)c1cc(C(=C)C)c(Nc2ccc(C(C)(C)C)cc2)cc1Br. The normalized spacial score (nSPS) is 11.2. The van der Waals surface area contributed by atoms with E-state index in [1.165, 1.54) is 5.56 Å². The van der Waals surface area contributed by atoms with E-state index >= 15 is 0 Å². The lowest BCUT2D eigenvalue weighted by Gasteiger charge is -2.20. The molecule has 24 heavy (non-hydrogen) atoms. The predicted molar refractivity (Wildman–Crippen MR) is 112 cm³/mol. The first-order valence-electron chi connectivity index (χ1n) is 8.12. The number of rotatable bonds is 4. The van der Waals surface area contributed by atoms with Gasteiger partial charge in [0, 0.05) is 21.4 Å². The van der Waals surface area contributed by atoms with Gasteiger partial charge in [0.1, 0.15) is 0 Å². The molecule has 0 amide bonds. The zero-order chi connectivity index (χ0) is 18.1. The Morgan fingerprint density at radius 3 is 1.92 bits per heavy atom. The summed E-state index contributed by atoms with van der Waals surface area (Å²) in [5.74, 6) is 0. The van der Waals surface area contributed by atoms with Crippen molar-refractivity contribution in [1.82, 2.24) is 0 Å². The molecule has 0 bridgehead atoms. The van der Waals surface area contributed by atoms with E-state index in [9.17, 15) is 0 Å². The highest BCUT2D eigenvalue weighted by Crippen LogP contribution is 2.35. The van der Waals surface area contributed by atoms with E-state index in [1.807, 2.05) is 13.8 Å². The minimum Gasteiger partial charge on any atom is -0.355 e. The second-order valence-electron chi connectivity index (χ2n) is 7.39. The summed E-state index contributed by atoms with van der Waals surface area (Å²) in [6.45, 7) is 18.9. The molecule has 0 radical (unpaired) electrons. The van der Waals surface area contributed by atoms with Crippen molar-refractivity contribution < 1.29 is 0 Å². The van der Waals surface area contributed by atoms with Gasteiger partial charge in [-0.3, -0.25) is 0 Å². The van der Waals surface area contributed by atoms with E-state index in [0.717, 1.165) is 38.1 Å². The van der Waals surface area contributed by atoms with Gasteiger partial charge in [-0.15, -0.1) is 0 Å². The predicted octanol–water partition coefficient (Wildman–Crippen LogP) is 7.56. The summed E-state index contributed by atoms with van der Waals surface area (Å²) in [7, 11) is 0. The monoisotopic (exact) mass is 383 g/mol. The molecule has 0 fully saturated rings. The lowest BCUT2D eigenvalue weighted by atomic mass is 9.87. The molecular weight excluding hydrogens is 358 g/mol. The lowest BCUT2D eigenvalue weighted by Crippen LogP contribution is -2.10. The van der Waals surface area contributed by atoms with Gasteiger partial charge in [0.15, 0.2) is 0 Å². The number of nitrogens with one attached hydrogen (secondary N) is 1. The Labute approximate surface area is 154 Å². The Kier molecular flexibility index (Phi) is 5.39. The van der Waals surface area contributed by atoms with E-state index in [1.54, 1.807) is 0 Å². The van der Waals surface area contributed by atoms with Crippen LogP contribution >= 0.6 is 15.9 Å². The highest BCUT2D eigenvalue weighted by Gasteiger charge is 2.14. The minimum absolute atomic E-state index is 0.160. The summed E-state index contributed by atoms with van der Waals surface area (Å²) in [6.07, 6.45) is 0. The van der Waals surface area contributed by atoms with E-state index in [4.69, 9.17) is 0 Å². The fraction of sp³-hybridized carbons (Fsp3) is 0.273. The van der Waals surface area contributed by atoms with Crippen LogP contribution in [-0.4, -0.2) is 0 Å². The maximum Gasteiger partial charge on any atom is 0.0472 e.